The second-order valence-corrected chi connectivity index (χ2v) is 5.70. The molecule has 0 bridgehead atoms. The Morgan fingerprint density at radius 2 is 1.64 bits per heavy atom. The van der Waals surface area contributed by atoms with Gasteiger partial charge >= 0.3 is 0 Å². The molecule has 0 saturated carbocycles. The first-order chi connectivity index (χ1) is 12.4. The number of benzene rings is 2. The Morgan fingerprint density at radius 1 is 0.760 bits per heavy atom. The summed E-state index contributed by atoms with van der Waals surface area (Å²) in [5.41, 5.74) is 4.31. The van der Waals surface area contributed by atoms with E-state index in [1.807, 2.05) is 60.7 Å². The summed E-state index contributed by atoms with van der Waals surface area (Å²) in [6, 6.07) is 19.6. The van der Waals surface area contributed by atoms with E-state index >= 15 is 0 Å². The zero-order valence-electron chi connectivity index (χ0n) is 13.2. The lowest BCUT2D eigenvalue weighted by molar-refractivity contribution is 0.174. The van der Waals surface area contributed by atoms with E-state index in [1.54, 1.807) is 6.20 Å². The van der Waals surface area contributed by atoms with Crippen molar-refractivity contribution in [3.8, 4) is 34.1 Å². The van der Waals surface area contributed by atoms with Gasteiger partial charge in [0.05, 0.1) is 5.52 Å². The summed E-state index contributed by atoms with van der Waals surface area (Å²) >= 11 is 0. The summed E-state index contributed by atoms with van der Waals surface area (Å²) in [7, 11) is 0. The van der Waals surface area contributed by atoms with Crippen LogP contribution in [-0.4, -0.2) is 21.7 Å². The van der Waals surface area contributed by atoms with Gasteiger partial charge in [0.15, 0.2) is 17.3 Å². The fourth-order valence-electron chi connectivity index (χ4n) is 2.93. The molecule has 1 aliphatic rings. The lowest BCUT2D eigenvalue weighted by Crippen LogP contribution is -1.96. The predicted molar refractivity (Wildman–Crippen MR) is 94.3 cm³/mol. The molecule has 2 aromatic carbocycles. The summed E-state index contributed by atoms with van der Waals surface area (Å²) < 4.78 is 10.9. The van der Waals surface area contributed by atoms with Gasteiger partial charge in [0.2, 0.25) is 6.79 Å². The topological polar surface area (TPSA) is 57.1 Å². The molecule has 120 valence electrons. The van der Waals surface area contributed by atoms with Gasteiger partial charge in [-0.3, -0.25) is 4.98 Å². The SMILES string of the molecule is c1ccc(-c2nc(-c3ccc4c(c3)OCO4)nc3cccnc23)cc1. The van der Waals surface area contributed by atoms with Gasteiger partial charge in [0.1, 0.15) is 11.2 Å². The molecule has 0 radical (unpaired) electrons. The van der Waals surface area contributed by atoms with Crippen LogP contribution in [0.3, 0.4) is 0 Å². The van der Waals surface area contributed by atoms with Crippen LogP contribution in [0.15, 0.2) is 66.9 Å². The zero-order chi connectivity index (χ0) is 16.6. The molecule has 0 saturated heterocycles. The maximum atomic E-state index is 5.47. The second kappa shape index (κ2) is 5.56. The smallest absolute Gasteiger partial charge is 0.231 e. The van der Waals surface area contributed by atoms with Gasteiger partial charge in [-0.05, 0) is 30.3 Å². The maximum absolute atomic E-state index is 5.47. The molecule has 4 aromatic rings. The van der Waals surface area contributed by atoms with Crippen molar-refractivity contribution in [3.63, 3.8) is 0 Å². The van der Waals surface area contributed by atoms with Gasteiger partial charge < -0.3 is 9.47 Å². The first kappa shape index (κ1) is 13.9. The highest BCUT2D eigenvalue weighted by Gasteiger charge is 2.17. The maximum Gasteiger partial charge on any atom is 0.231 e. The van der Waals surface area contributed by atoms with Crippen LogP contribution >= 0.6 is 0 Å². The monoisotopic (exact) mass is 327 g/mol. The van der Waals surface area contributed by atoms with Crippen molar-refractivity contribution < 1.29 is 9.47 Å². The fourth-order valence-corrected chi connectivity index (χ4v) is 2.93. The average molecular weight is 327 g/mol. The van der Waals surface area contributed by atoms with Crippen molar-refractivity contribution in [1.29, 1.82) is 0 Å². The van der Waals surface area contributed by atoms with Crippen LogP contribution in [0.4, 0.5) is 0 Å². The molecule has 3 heterocycles. The van der Waals surface area contributed by atoms with Gasteiger partial charge in [0, 0.05) is 17.3 Å². The molecular formula is C20H13N3O2. The van der Waals surface area contributed by atoms with Crippen molar-refractivity contribution in [2.75, 3.05) is 6.79 Å². The molecule has 5 nitrogen and oxygen atoms in total. The third-order valence-electron chi connectivity index (χ3n) is 4.13. The van der Waals surface area contributed by atoms with Crippen molar-refractivity contribution in [2.45, 2.75) is 0 Å². The lowest BCUT2D eigenvalue weighted by Gasteiger charge is -2.09. The minimum absolute atomic E-state index is 0.247. The minimum Gasteiger partial charge on any atom is -0.454 e. The van der Waals surface area contributed by atoms with Crippen LogP contribution in [0.2, 0.25) is 0 Å². The molecule has 25 heavy (non-hydrogen) atoms. The van der Waals surface area contributed by atoms with Gasteiger partial charge in [0.25, 0.3) is 0 Å². The zero-order valence-corrected chi connectivity index (χ0v) is 13.2. The van der Waals surface area contributed by atoms with E-state index < -0.39 is 0 Å². The number of aromatic nitrogens is 3. The normalized spacial score (nSPS) is 12.5. The van der Waals surface area contributed by atoms with Crippen LogP contribution in [0.25, 0.3) is 33.7 Å². The Morgan fingerprint density at radius 3 is 2.56 bits per heavy atom. The minimum atomic E-state index is 0.247. The summed E-state index contributed by atoms with van der Waals surface area (Å²) in [5.74, 6) is 2.10. The van der Waals surface area contributed by atoms with E-state index in [2.05, 4.69) is 9.97 Å². The lowest BCUT2D eigenvalue weighted by atomic mass is 10.1. The predicted octanol–water partition coefficient (Wildman–Crippen LogP) is 4.09. The standard InChI is InChI=1S/C20H13N3O2/c1-2-5-13(6-3-1)18-19-15(7-4-10-21-19)22-20(23-18)14-8-9-16-17(11-14)25-12-24-16/h1-11H,12H2. The van der Waals surface area contributed by atoms with E-state index in [0.717, 1.165) is 33.6 Å². The number of hydrogen-bond donors (Lipinski definition) is 0. The summed E-state index contributed by atoms with van der Waals surface area (Å²) in [6.45, 7) is 0.247. The number of fused-ring (bicyclic) bond motifs is 2. The first-order valence-electron chi connectivity index (χ1n) is 7.97. The third kappa shape index (κ3) is 2.37. The van der Waals surface area contributed by atoms with Crippen molar-refractivity contribution >= 4 is 11.0 Å². The highest BCUT2D eigenvalue weighted by Crippen LogP contribution is 2.36. The molecule has 1 aliphatic heterocycles. The Bertz CT molecular complexity index is 1080. The second-order valence-electron chi connectivity index (χ2n) is 5.70. The molecule has 0 fully saturated rings. The Hall–Kier alpha value is -3.47. The highest BCUT2D eigenvalue weighted by atomic mass is 16.7. The van der Waals surface area contributed by atoms with E-state index in [-0.39, 0.29) is 6.79 Å². The molecule has 0 unspecified atom stereocenters. The third-order valence-corrected chi connectivity index (χ3v) is 4.13. The molecule has 5 heteroatoms. The van der Waals surface area contributed by atoms with Crippen LogP contribution < -0.4 is 9.47 Å². The van der Waals surface area contributed by atoms with Crippen molar-refractivity contribution in [1.82, 2.24) is 15.0 Å². The van der Waals surface area contributed by atoms with Crippen LogP contribution in [0.5, 0.6) is 11.5 Å². The van der Waals surface area contributed by atoms with Gasteiger partial charge in [-0.25, -0.2) is 9.97 Å². The largest absolute Gasteiger partial charge is 0.454 e. The molecule has 2 aromatic heterocycles. The molecule has 0 spiro atoms. The summed E-state index contributed by atoms with van der Waals surface area (Å²) in [5, 5.41) is 0. The van der Waals surface area contributed by atoms with Gasteiger partial charge in [-0.2, -0.15) is 0 Å². The first-order valence-corrected chi connectivity index (χ1v) is 7.97. The fraction of sp³-hybridized carbons (Fsp3) is 0.0500. The molecule has 0 N–H and O–H groups in total. The number of ether oxygens (including phenoxy) is 2. The Kier molecular flexibility index (Phi) is 3.10. The van der Waals surface area contributed by atoms with Crippen LogP contribution in [0, 0.1) is 0 Å². The van der Waals surface area contributed by atoms with E-state index in [4.69, 9.17) is 14.5 Å². The molecule has 0 amide bonds. The van der Waals surface area contributed by atoms with Crippen LogP contribution in [-0.2, 0) is 0 Å². The molecule has 0 atom stereocenters. The highest BCUT2D eigenvalue weighted by molar-refractivity contribution is 5.90. The number of rotatable bonds is 2. The number of nitrogens with zero attached hydrogens (tertiary/aromatic N) is 3. The van der Waals surface area contributed by atoms with Crippen molar-refractivity contribution in [2.24, 2.45) is 0 Å². The molecule has 5 rings (SSSR count). The number of pyridine rings is 1. The molecular weight excluding hydrogens is 314 g/mol. The Balaban J connectivity index is 1.74. The van der Waals surface area contributed by atoms with E-state index in [0.29, 0.717) is 11.6 Å². The van der Waals surface area contributed by atoms with E-state index in [9.17, 15) is 0 Å². The van der Waals surface area contributed by atoms with Gasteiger partial charge in [-0.1, -0.05) is 30.3 Å². The van der Waals surface area contributed by atoms with Crippen molar-refractivity contribution in [3.05, 3.63) is 66.9 Å². The summed E-state index contributed by atoms with van der Waals surface area (Å²) in [6.07, 6.45) is 1.76. The Labute approximate surface area is 143 Å². The van der Waals surface area contributed by atoms with Crippen LogP contribution in [0.1, 0.15) is 0 Å². The number of hydrogen-bond acceptors (Lipinski definition) is 5. The quantitative estimate of drug-likeness (QED) is 0.555. The summed E-state index contributed by atoms with van der Waals surface area (Å²) in [4.78, 5) is 14.0. The van der Waals surface area contributed by atoms with E-state index in [1.165, 1.54) is 0 Å². The van der Waals surface area contributed by atoms with Gasteiger partial charge in [-0.15, -0.1) is 0 Å². The average Bonchev–Trinajstić information content (AvgIpc) is 3.15. The molecule has 0 aliphatic carbocycles.